The van der Waals surface area contributed by atoms with E-state index in [0.717, 1.165) is 27.1 Å². The molecule has 176 valence electrons. The number of aromatic nitrogens is 3. The van der Waals surface area contributed by atoms with Crippen molar-refractivity contribution in [3.63, 3.8) is 0 Å². The highest BCUT2D eigenvalue weighted by Crippen LogP contribution is 2.22. The minimum Gasteiger partial charge on any atom is -0.507 e. The summed E-state index contributed by atoms with van der Waals surface area (Å²) in [6.45, 7) is 3.69. The molecule has 9 heteroatoms. The molecule has 0 atom stereocenters. The van der Waals surface area contributed by atoms with Gasteiger partial charge in [-0.25, -0.2) is 5.43 Å². The second kappa shape index (κ2) is 11.6. The first-order valence-corrected chi connectivity index (χ1v) is 12.5. The number of nitrogens with one attached hydrogen (secondary N) is 2. The Bertz CT molecular complexity index is 1350. The first-order valence-electron chi connectivity index (χ1n) is 10.7. The van der Waals surface area contributed by atoms with Crippen molar-refractivity contribution in [2.75, 3.05) is 5.75 Å². The number of H-pyrrole nitrogens is 1. The number of hydrazone groups is 1. The second-order valence-electron chi connectivity index (χ2n) is 7.46. The van der Waals surface area contributed by atoms with Crippen molar-refractivity contribution in [3.8, 4) is 22.8 Å². The van der Waals surface area contributed by atoms with Crippen molar-refractivity contribution in [3.05, 3.63) is 101 Å². The van der Waals surface area contributed by atoms with E-state index >= 15 is 0 Å². The molecule has 3 N–H and O–H groups in total. The van der Waals surface area contributed by atoms with E-state index in [0.29, 0.717) is 17.1 Å². The smallest absolute Gasteiger partial charge is 0.342 e. The van der Waals surface area contributed by atoms with Gasteiger partial charge < -0.3 is 5.11 Å². The largest absolute Gasteiger partial charge is 0.507 e. The molecule has 0 aliphatic heterocycles. The first-order chi connectivity index (χ1) is 17.1. The molecule has 1 heterocycles. The van der Waals surface area contributed by atoms with E-state index in [1.807, 2.05) is 71.3 Å². The quantitative estimate of drug-likeness (QED) is 0.0920. The number of benzene rings is 3. The molecule has 7 nitrogen and oxygen atoms in total. The fourth-order valence-electron chi connectivity index (χ4n) is 3.38. The third-order valence-corrected chi connectivity index (χ3v) is 6.51. The number of carbonyl (C=O) groups is 1. The van der Waals surface area contributed by atoms with Gasteiger partial charge in [0.1, 0.15) is 11.4 Å². The van der Waals surface area contributed by atoms with E-state index in [1.165, 1.54) is 18.0 Å². The highest BCUT2D eigenvalue weighted by Gasteiger charge is 2.24. The van der Waals surface area contributed by atoms with Crippen LogP contribution in [-0.2, 0) is 11.2 Å². The molecular formula is C26H23BrN5O2S+. The van der Waals surface area contributed by atoms with Gasteiger partial charge in [0.25, 0.3) is 11.7 Å². The monoisotopic (exact) mass is 548 g/mol. The number of allylic oxidation sites excluding steroid dienone is 1. The molecule has 0 aliphatic rings. The molecule has 0 aliphatic carbocycles. The molecular weight excluding hydrogens is 526 g/mol. The molecule has 1 amide bonds. The Balaban J connectivity index is 1.48. The van der Waals surface area contributed by atoms with Crippen LogP contribution in [0.25, 0.3) is 17.1 Å². The molecule has 0 spiro atoms. The average molecular weight is 549 g/mol. The van der Waals surface area contributed by atoms with Gasteiger partial charge in [0.15, 0.2) is 0 Å². The zero-order valence-corrected chi connectivity index (χ0v) is 21.1. The Hall–Kier alpha value is -3.69. The number of nitrogens with zero attached hydrogens (tertiary/aromatic N) is 3. The van der Waals surface area contributed by atoms with Crippen LogP contribution in [0.2, 0.25) is 0 Å². The number of thioether (sulfide) groups is 1. The Morgan fingerprint density at radius 3 is 2.66 bits per heavy atom. The summed E-state index contributed by atoms with van der Waals surface area (Å²) in [6, 6.07) is 23.1. The van der Waals surface area contributed by atoms with Gasteiger partial charge in [0, 0.05) is 10.0 Å². The summed E-state index contributed by atoms with van der Waals surface area (Å²) in [7, 11) is 0. The van der Waals surface area contributed by atoms with Crippen LogP contribution in [0.3, 0.4) is 0 Å². The lowest BCUT2D eigenvalue weighted by Gasteiger charge is -2.05. The fraction of sp³-hybridized carbons (Fsp3) is 0.0769. The van der Waals surface area contributed by atoms with Crippen LogP contribution < -0.4 is 9.99 Å². The predicted molar refractivity (Wildman–Crippen MR) is 142 cm³/mol. The molecule has 0 radical (unpaired) electrons. The van der Waals surface area contributed by atoms with Gasteiger partial charge in [-0.05, 0) is 66.2 Å². The maximum Gasteiger partial charge on any atom is 0.342 e. The minimum atomic E-state index is -0.292. The molecule has 0 saturated heterocycles. The molecule has 1 aromatic heterocycles. The molecule has 0 unspecified atom stereocenters. The number of carbonyl (C=O) groups excluding carboxylic acids is 1. The highest BCUT2D eigenvalue weighted by molar-refractivity contribution is 9.10. The van der Waals surface area contributed by atoms with E-state index in [-0.39, 0.29) is 17.4 Å². The second-order valence-corrected chi connectivity index (χ2v) is 9.32. The van der Waals surface area contributed by atoms with Gasteiger partial charge >= 0.3 is 5.16 Å². The summed E-state index contributed by atoms with van der Waals surface area (Å²) in [6.07, 6.45) is 3.69. The number of hydrogen-bond acceptors (Lipinski definition) is 5. The van der Waals surface area contributed by atoms with Crippen LogP contribution in [0.15, 0.2) is 100 Å². The number of amides is 1. The Morgan fingerprint density at radius 1 is 1.14 bits per heavy atom. The fourth-order valence-corrected chi connectivity index (χ4v) is 4.41. The Kier molecular flexibility index (Phi) is 8.12. The molecule has 4 aromatic rings. The third kappa shape index (κ3) is 6.06. The van der Waals surface area contributed by atoms with Crippen molar-refractivity contribution in [2.24, 2.45) is 5.10 Å². The topological polar surface area (TPSA) is 94.2 Å². The van der Waals surface area contributed by atoms with Crippen LogP contribution in [0.1, 0.15) is 11.1 Å². The van der Waals surface area contributed by atoms with Crippen molar-refractivity contribution >= 4 is 39.8 Å². The maximum absolute atomic E-state index is 12.5. The van der Waals surface area contributed by atoms with Crippen LogP contribution in [0.5, 0.6) is 5.75 Å². The number of aromatic amines is 1. The highest BCUT2D eigenvalue weighted by atomic mass is 79.9. The summed E-state index contributed by atoms with van der Waals surface area (Å²) in [4.78, 5) is 12.5. The Labute approximate surface area is 215 Å². The number of hydrogen-bond donors (Lipinski definition) is 3. The van der Waals surface area contributed by atoms with E-state index in [1.54, 1.807) is 12.1 Å². The van der Waals surface area contributed by atoms with Gasteiger partial charge in [0.2, 0.25) is 0 Å². The number of para-hydroxylation sites is 1. The molecule has 0 fully saturated rings. The van der Waals surface area contributed by atoms with E-state index in [4.69, 9.17) is 0 Å². The summed E-state index contributed by atoms with van der Waals surface area (Å²) in [5, 5.41) is 22.5. The lowest BCUT2D eigenvalue weighted by atomic mass is 10.1. The van der Waals surface area contributed by atoms with Gasteiger partial charge in [-0.1, -0.05) is 52.3 Å². The van der Waals surface area contributed by atoms with E-state index in [9.17, 15) is 9.90 Å². The van der Waals surface area contributed by atoms with Crippen molar-refractivity contribution in [1.29, 1.82) is 0 Å². The van der Waals surface area contributed by atoms with Crippen LogP contribution in [-0.4, -0.2) is 33.2 Å². The van der Waals surface area contributed by atoms with Crippen LogP contribution in [0.4, 0.5) is 0 Å². The van der Waals surface area contributed by atoms with Gasteiger partial charge in [-0.2, -0.15) is 9.67 Å². The summed E-state index contributed by atoms with van der Waals surface area (Å²) < 4.78 is 2.95. The summed E-state index contributed by atoms with van der Waals surface area (Å²) in [5.74, 6) is 0.749. The van der Waals surface area contributed by atoms with Crippen molar-refractivity contribution in [2.45, 2.75) is 11.6 Å². The SMILES string of the molecule is C=CCc1cccc(/C=N/NC(=O)CSc2n[nH]c(-c3ccccc3)[n+]2-c2ccc(Br)cc2)c1O. The van der Waals surface area contributed by atoms with Crippen LogP contribution >= 0.6 is 27.7 Å². The molecule has 0 bridgehead atoms. The molecule has 0 saturated carbocycles. The third-order valence-electron chi connectivity index (χ3n) is 5.04. The van der Waals surface area contributed by atoms with Crippen molar-refractivity contribution in [1.82, 2.24) is 15.6 Å². The number of phenolic OH excluding ortho intramolecular Hbond substituents is 1. The van der Waals surface area contributed by atoms with E-state index in [2.05, 4.69) is 43.2 Å². The normalized spacial score (nSPS) is 11.0. The minimum absolute atomic E-state index is 0.107. The zero-order valence-electron chi connectivity index (χ0n) is 18.7. The maximum atomic E-state index is 12.5. The average Bonchev–Trinajstić information content (AvgIpc) is 3.30. The number of rotatable bonds is 9. The molecule has 4 rings (SSSR count). The van der Waals surface area contributed by atoms with Gasteiger partial charge in [-0.15, -0.1) is 11.7 Å². The molecule has 35 heavy (non-hydrogen) atoms. The van der Waals surface area contributed by atoms with Crippen molar-refractivity contribution < 1.29 is 14.5 Å². The summed E-state index contributed by atoms with van der Waals surface area (Å²) in [5.41, 5.74) is 5.66. The number of halogens is 1. The van der Waals surface area contributed by atoms with Crippen LogP contribution in [0, 0.1) is 0 Å². The number of aromatic hydroxyl groups is 1. The predicted octanol–water partition coefficient (Wildman–Crippen LogP) is 4.79. The summed E-state index contributed by atoms with van der Waals surface area (Å²) >= 11 is 4.76. The zero-order chi connectivity index (χ0) is 24.6. The standard InChI is InChI=1S/C26H22BrN5O2S/c1-2-7-18-10-6-11-20(24(18)34)16-28-29-23(33)17-35-26-31-30-25(19-8-4-3-5-9-19)32(26)22-14-12-21(27)13-15-22/h2-6,8-16H,1,7,17H2,(H2,28,29,33,34)/p+1. The van der Waals surface area contributed by atoms with Gasteiger partial charge in [0.05, 0.1) is 22.6 Å². The molecule has 3 aromatic carbocycles. The first kappa shape index (κ1) is 24.4. The Morgan fingerprint density at radius 2 is 1.91 bits per heavy atom. The lowest BCUT2D eigenvalue weighted by molar-refractivity contribution is -0.625. The van der Waals surface area contributed by atoms with E-state index < -0.39 is 0 Å². The number of phenols is 1. The van der Waals surface area contributed by atoms with Gasteiger partial charge in [-0.3, -0.25) is 4.79 Å². The lowest BCUT2D eigenvalue weighted by Crippen LogP contribution is -2.34.